The summed E-state index contributed by atoms with van der Waals surface area (Å²) in [5.41, 5.74) is 0.846. The lowest BCUT2D eigenvalue weighted by atomic mass is 9.96. The molecular formula is C11H15N5O5. The monoisotopic (exact) mass is 297 g/mol. The highest BCUT2D eigenvalue weighted by molar-refractivity contribution is 5.82. The van der Waals surface area contributed by atoms with Gasteiger partial charge in [0.25, 0.3) is 0 Å². The van der Waals surface area contributed by atoms with Crippen LogP contribution in [0.15, 0.2) is 12.7 Å². The van der Waals surface area contributed by atoms with E-state index in [4.69, 9.17) is 9.94 Å². The molecule has 0 amide bonds. The molecule has 2 aromatic heterocycles. The molecule has 10 nitrogen and oxygen atoms in total. The Morgan fingerprint density at radius 3 is 2.81 bits per heavy atom. The number of nitrogens with one attached hydrogen (secondary N) is 1. The summed E-state index contributed by atoms with van der Waals surface area (Å²) in [6, 6.07) is 0. The molecule has 1 saturated heterocycles. The number of imidazole rings is 1. The van der Waals surface area contributed by atoms with Crippen LogP contribution >= 0.6 is 0 Å². The molecule has 0 bridgehead atoms. The first kappa shape index (κ1) is 14.1. The summed E-state index contributed by atoms with van der Waals surface area (Å²) < 4.78 is 6.91. The summed E-state index contributed by atoms with van der Waals surface area (Å²) in [6.07, 6.45) is -0.605. The molecule has 0 aromatic carbocycles. The van der Waals surface area contributed by atoms with Crippen LogP contribution in [0.1, 0.15) is 13.2 Å². The van der Waals surface area contributed by atoms with Crippen LogP contribution in [0.5, 0.6) is 0 Å². The number of anilines is 1. The van der Waals surface area contributed by atoms with Crippen LogP contribution in [-0.2, 0) is 4.74 Å². The minimum absolute atomic E-state index is 0.107. The molecule has 21 heavy (non-hydrogen) atoms. The van der Waals surface area contributed by atoms with Crippen molar-refractivity contribution in [2.45, 2.75) is 31.0 Å². The minimum atomic E-state index is -1.64. The van der Waals surface area contributed by atoms with Crippen molar-refractivity contribution in [3.05, 3.63) is 12.7 Å². The Bertz CT molecular complexity index is 659. The predicted molar refractivity (Wildman–Crippen MR) is 68.4 cm³/mol. The first-order valence-electron chi connectivity index (χ1n) is 6.25. The van der Waals surface area contributed by atoms with Crippen molar-refractivity contribution in [1.82, 2.24) is 19.5 Å². The highest BCUT2D eigenvalue weighted by atomic mass is 16.6. The van der Waals surface area contributed by atoms with Gasteiger partial charge in [0.2, 0.25) is 0 Å². The van der Waals surface area contributed by atoms with E-state index >= 15 is 0 Å². The number of aliphatic hydroxyl groups excluding tert-OH is 2. The number of nitrogens with zero attached hydrogens (tertiary/aromatic N) is 4. The first-order valence-corrected chi connectivity index (χ1v) is 6.25. The van der Waals surface area contributed by atoms with E-state index in [1.165, 1.54) is 24.1 Å². The SMILES string of the molecule is C[C@@]1(O)C(O)C(CO)OC1n1cnc2c(NO)ncnc21. The number of hydrogen-bond acceptors (Lipinski definition) is 9. The highest BCUT2D eigenvalue weighted by Crippen LogP contribution is 2.39. The zero-order valence-corrected chi connectivity index (χ0v) is 11.1. The van der Waals surface area contributed by atoms with Crippen LogP contribution < -0.4 is 5.48 Å². The molecule has 1 aliphatic heterocycles. The fourth-order valence-electron chi connectivity index (χ4n) is 2.50. The van der Waals surface area contributed by atoms with Gasteiger partial charge in [0, 0.05) is 0 Å². The van der Waals surface area contributed by atoms with E-state index in [0.29, 0.717) is 5.65 Å². The van der Waals surface area contributed by atoms with E-state index in [0.717, 1.165) is 0 Å². The molecule has 1 aliphatic rings. The number of aromatic nitrogens is 4. The number of ether oxygens (including phenoxy) is 1. The van der Waals surface area contributed by atoms with Crippen LogP contribution in [0.25, 0.3) is 11.2 Å². The molecular weight excluding hydrogens is 282 g/mol. The molecule has 0 saturated carbocycles. The van der Waals surface area contributed by atoms with Crippen LogP contribution in [0.2, 0.25) is 0 Å². The Hall–Kier alpha value is -1.85. The minimum Gasteiger partial charge on any atom is -0.394 e. The number of fused-ring (bicyclic) bond motifs is 1. The van der Waals surface area contributed by atoms with Gasteiger partial charge in [0.05, 0.1) is 12.9 Å². The zero-order valence-electron chi connectivity index (χ0n) is 11.1. The Labute approximate surface area is 118 Å². The fourth-order valence-corrected chi connectivity index (χ4v) is 2.50. The van der Waals surface area contributed by atoms with Gasteiger partial charge in [-0.2, -0.15) is 0 Å². The molecule has 3 rings (SSSR count). The lowest BCUT2D eigenvalue weighted by molar-refractivity contribution is -0.0950. The van der Waals surface area contributed by atoms with Crippen molar-refractivity contribution >= 4 is 17.0 Å². The van der Waals surface area contributed by atoms with E-state index in [1.807, 2.05) is 5.48 Å². The summed E-state index contributed by atoms with van der Waals surface area (Å²) in [5, 5.41) is 38.6. The van der Waals surface area contributed by atoms with E-state index in [-0.39, 0.29) is 11.3 Å². The van der Waals surface area contributed by atoms with Crippen LogP contribution in [0.4, 0.5) is 5.82 Å². The van der Waals surface area contributed by atoms with Gasteiger partial charge in [-0.1, -0.05) is 0 Å². The topological polar surface area (TPSA) is 146 Å². The van der Waals surface area contributed by atoms with Crippen molar-refractivity contribution in [2.75, 3.05) is 12.1 Å². The summed E-state index contributed by atoms with van der Waals surface area (Å²) in [4.78, 5) is 11.9. The maximum Gasteiger partial charge on any atom is 0.181 e. The number of rotatable bonds is 3. The Balaban J connectivity index is 2.09. The summed E-state index contributed by atoms with van der Waals surface area (Å²) in [5.74, 6) is 0.107. The van der Waals surface area contributed by atoms with Crippen molar-refractivity contribution in [3.63, 3.8) is 0 Å². The van der Waals surface area contributed by atoms with Crippen LogP contribution in [0, 0.1) is 0 Å². The Kier molecular flexibility index (Phi) is 3.26. The standard InChI is InChI=1S/C11H15N5O5/c1-11(19)7(18)5(2-17)21-10(11)16-4-14-6-8(15-20)12-3-13-9(6)16/h3-5,7,10,17-20H,2H2,1H3,(H,12,13,15)/t5?,7?,10?,11-/m1/s1. The number of aliphatic hydroxyl groups is 3. The third-order valence-corrected chi connectivity index (χ3v) is 3.65. The third-order valence-electron chi connectivity index (χ3n) is 3.65. The quantitative estimate of drug-likeness (QED) is 0.433. The second-order valence-corrected chi connectivity index (χ2v) is 5.04. The molecule has 0 radical (unpaired) electrons. The average Bonchev–Trinajstić information content (AvgIpc) is 2.99. The van der Waals surface area contributed by atoms with E-state index in [1.54, 1.807) is 0 Å². The molecule has 3 heterocycles. The van der Waals surface area contributed by atoms with Gasteiger partial charge in [-0.3, -0.25) is 15.3 Å². The first-order chi connectivity index (χ1) is 10.0. The zero-order chi connectivity index (χ0) is 15.2. The summed E-state index contributed by atoms with van der Waals surface area (Å²) in [6.45, 7) is 0.967. The molecule has 10 heteroatoms. The molecule has 2 aromatic rings. The molecule has 4 atom stereocenters. The normalized spacial score (nSPS) is 32.7. The van der Waals surface area contributed by atoms with Crippen molar-refractivity contribution in [1.29, 1.82) is 0 Å². The molecule has 1 fully saturated rings. The maximum atomic E-state index is 10.4. The smallest absolute Gasteiger partial charge is 0.181 e. The van der Waals surface area contributed by atoms with Crippen molar-refractivity contribution in [3.8, 4) is 0 Å². The second-order valence-electron chi connectivity index (χ2n) is 5.04. The summed E-state index contributed by atoms with van der Waals surface area (Å²) in [7, 11) is 0. The van der Waals surface area contributed by atoms with E-state index in [2.05, 4.69) is 15.0 Å². The molecule has 3 unspecified atom stereocenters. The molecule has 0 spiro atoms. The van der Waals surface area contributed by atoms with Gasteiger partial charge < -0.3 is 20.1 Å². The fraction of sp³-hybridized carbons (Fsp3) is 0.545. The van der Waals surface area contributed by atoms with Gasteiger partial charge in [0.15, 0.2) is 23.2 Å². The lowest BCUT2D eigenvalue weighted by Crippen LogP contribution is -2.44. The second kappa shape index (κ2) is 4.86. The van der Waals surface area contributed by atoms with E-state index in [9.17, 15) is 15.3 Å². The highest BCUT2D eigenvalue weighted by Gasteiger charge is 2.53. The van der Waals surface area contributed by atoms with Gasteiger partial charge in [-0.05, 0) is 6.92 Å². The average molecular weight is 297 g/mol. The molecule has 0 aliphatic carbocycles. The lowest BCUT2D eigenvalue weighted by Gasteiger charge is -2.27. The number of hydrogen-bond donors (Lipinski definition) is 5. The largest absolute Gasteiger partial charge is 0.394 e. The van der Waals surface area contributed by atoms with Gasteiger partial charge in [0.1, 0.15) is 24.1 Å². The van der Waals surface area contributed by atoms with Gasteiger partial charge in [-0.25, -0.2) is 15.0 Å². The van der Waals surface area contributed by atoms with Crippen LogP contribution in [-0.4, -0.2) is 64.5 Å². The maximum absolute atomic E-state index is 10.4. The van der Waals surface area contributed by atoms with Gasteiger partial charge >= 0.3 is 0 Å². The van der Waals surface area contributed by atoms with Crippen LogP contribution in [0.3, 0.4) is 0 Å². The third kappa shape index (κ3) is 1.96. The van der Waals surface area contributed by atoms with Crippen molar-refractivity contribution in [2.24, 2.45) is 0 Å². The van der Waals surface area contributed by atoms with E-state index < -0.39 is 30.6 Å². The van der Waals surface area contributed by atoms with Gasteiger partial charge in [-0.15, -0.1) is 0 Å². The molecule has 114 valence electrons. The Morgan fingerprint density at radius 1 is 1.43 bits per heavy atom. The summed E-state index contributed by atoms with van der Waals surface area (Å²) >= 11 is 0. The Morgan fingerprint density at radius 2 is 2.19 bits per heavy atom. The molecule has 5 N–H and O–H groups in total. The predicted octanol–water partition coefficient (Wildman–Crippen LogP) is -1.37. The van der Waals surface area contributed by atoms with Crippen molar-refractivity contribution < 1.29 is 25.3 Å².